The van der Waals surface area contributed by atoms with Gasteiger partial charge in [0.25, 0.3) is 0 Å². The molecule has 0 atom stereocenters. The highest BCUT2D eigenvalue weighted by Gasteiger charge is 2.07. The lowest BCUT2D eigenvalue weighted by Crippen LogP contribution is -1.99. The second kappa shape index (κ2) is 4.62. The van der Waals surface area contributed by atoms with Gasteiger partial charge in [-0.1, -0.05) is 36.4 Å². The smallest absolute Gasteiger partial charge is 0.125 e. The van der Waals surface area contributed by atoms with E-state index in [2.05, 4.69) is 0 Å². The molecule has 0 aliphatic heterocycles. The average Bonchev–Trinajstić information content (AvgIpc) is 2.34. The van der Waals surface area contributed by atoms with E-state index in [1.165, 1.54) is 6.07 Å². The first kappa shape index (κ1) is 13.5. The van der Waals surface area contributed by atoms with E-state index in [1.54, 1.807) is 18.2 Å². The predicted octanol–water partition coefficient (Wildman–Crippen LogP) is 3.27. The summed E-state index contributed by atoms with van der Waals surface area (Å²) in [5.41, 5.74) is 0. The molecule has 4 nitrogen and oxygen atoms in total. The molecular weight excluding hydrogens is 262 g/mol. The lowest BCUT2D eigenvalue weighted by Gasteiger charge is -2.11. The molecule has 0 spiro atoms. The van der Waals surface area contributed by atoms with Gasteiger partial charge in [0, 0.05) is 0 Å². The zero-order chi connectivity index (χ0) is 12.8. The van der Waals surface area contributed by atoms with Crippen molar-refractivity contribution in [2.24, 2.45) is 0 Å². The Bertz CT molecular complexity index is 857. The molecule has 0 unspecified atom stereocenters. The molecule has 19 heavy (non-hydrogen) atoms. The van der Waals surface area contributed by atoms with Crippen LogP contribution in [-0.2, 0) is 10.1 Å². The Kier molecular flexibility index (Phi) is 3.28. The maximum absolute atomic E-state index is 11.2. The van der Waals surface area contributed by atoms with Crippen LogP contribution in [0.1, 0.15) is 0 Å². The average molecular weight is 275 g/mol. The Morgan fingerprint density at radius 2 is 1.37 bits per heavy atom. The van der Waals surface area contributed by atoms with Gasteiger partial charge in [0.1, 0.15) is 10.1 Å². The molecule has 3 aromatic carbocycles. The van der Waals surface area contributed by atoms with E-state index in [0.717, 1.165) is 16.2 Å². The number of benzene rings is 3. The summed E-state index contributed by atoms with van der Waals surface area (Å²) in [6.45, 7) is 0. The van der Waals surface area contributed by atoms with E-state index < -0.39 is 10.1 Å². The first-order valence-electron chi connectivity index (χ1n) is 5.43. The van der Waals surface area contributed by atoms with Crippen LogP contribution in [0.2, 0.25) is 0 Å². The molecule has 4 N–H and O–H groups in total. The van der Waals surface area contributed by atoms with E-state index in [0.29, 0.717) is 5.39 Å². The van der Waals surface area contributed by atoms with Crippen molar-refractivity contribution in [1.29, 1.82) is 0 Å². The molecule has 0 saturated carbocycles. The lowest BCUT2D eigenvalue weighted by atomic mass is 10.0. The standard InChI is InChI=1S/C14H10O3S.H3N/c15-18(16,17)14-7-3-6-12-8-10-4-1-2-5-11(10)9-13(12)14;/h1-9H,(H,15,16,17);1H3. The van der Waals surface area contributed by atoms with Gasteiger partial charge in [-0.3, -0.25) is 0 Å². The van der Waals surface area contributed by atoms with Gasteiger partial charge in [0.2, 0.25) is 0 Å². The quantitative estimate of drug-likeness (QED) is 0.545. The summed E-state index contributed by atoms with van der Waals surface area (Å²) in [4.78, 5) is -0.161. The fraction of sp³-hybridized carbons (Fsp3) is 0. The van der Waals surface area contributed by atoms with Gasteiger partial charge in [-0.2, -0.15) is 0 Å². The molecule has 3 aromatic rings. The largest absolute Gasteiger partial charge is 0.744 e. The molecule has 0 bridgehead atoms. The Labute approximate surface area is 111 Å². The van der Waals surface area contributed by atoms with E-state index in [9.17, 15) is 13.0 Å². The van der Waals surface area contributed by atoms with Gasteiger partial charge in [-0.15, -0.1) is 0 Å². The fourth-order valence-corrected chi connectivity index (χ4v) is 2.85. The van der Waals surface area contributed by atoms with Gasteiger partial charge in [0.15, 0.2) is 0 Å². The van der Waals surface area contributed by atoms with Crippen LogP contribution in [0.25, 0.3) is 21.5 Å². The first-order chi connectivity index (χ1) is 8.55. The Morgan fingerprint density at radius 1 is 0.789 bits per heavy atom. The number of hydrogen-bond donors (Lipinski definition) is 1. The SMILES string of the molecule is O=S(=O)([O-])c1cccc2cc3ccccc3cc12.[NH4+]. The van der Waals surface area contributed by atoms with Crippen LogP contribution in [0.4, 0.5) is 0 Å². The van der Waals surface area contributed by atoms with Crippen LogP contribution in [0.5, 0.6) is 0 Å². The minimum Gasteiger partial charge on any atom is -0.744 e. The van der Waals surface area contributed by atoms with Crippen molar-refractivity contribution < 1.29 is 13.0 Å². The van der Waals surface area contributed by atoms with Crippen molar-refractivity contribution in [2.75, 3.05) is 0 Å². The van der Waals surface area contributed by atoms with Crippen LogP contribution < -0.4 is 6.15 Å². The number of quaternary nitrogens is 1. The van der Waals surface area contributed by atoms with Crippen LogP contribution >= 0.6 is 0 Å². The van der Waals surface area contributed by atoms with E-state index >= 15 is 0 Å². The molecule has 5 heteroatoms. The molecule has 98 valence electrons. The van der Waals surface area contributed by atoms with E-state index in [1.807, 2.05) is 30.3 Å². The molecule has 0 heterocycles. The predicted molar refractivity (Wildman–Crippen MR) is 75.4 cm³/mol. The molecule has 0 radical (unpaired) electrons. The van der Waals surface area contributed by atoms with Gasteiger partial charge >= 0.3 is 0 Å². The first-order valence-corrected chi connectivity index (χ1v) is 6.84. The zero-order valence-corrected chi connectivity index (χ0v) is 11.1. The van der Waals surface area contributed by atoms with Gasteiger partial charge in [0.05, 0.1) is 4.90 Å². The minimum absolute atomic E-state index is 0. The van der Waals surface area contributed by atoms with Gasteiger partial charge in [-0.05, 0) is 39.7 Å². The summed E-state index contributed by atoms with van der Waals surface area (Å²) in [5.74, 6) is 0. The number of rotatable bonds is 1. The minimum atomic E-state index is -4.45. The molecule has 0 saturated heterocycles. The lowest BCUT2D eigenvalue weighted by molar-refractivity contribution is 0.464. The Hall–Kier alpha value is -1.95. The van der Waals surface area contributed by atoms with Crippen molar-refractivity contribution in [3.63, 3.8) is 0 Å². The third-order valence-electron chi connectivity index (χ3n) is 2.98. The van der Waals surface area contributed by atoms with Crippen LogP contribution in [0.3, 0.4) is 0 Å². The van der Waals surface area contributed by atoms with Crippen molar-refractivity contribution in [2.45, 2.75) is 4.90 Å². The molecule has 3 rings (SSSR count). The molecule has 0 fully saturated rings. The number of hydrogen-bond acceptors (Lipinski definition) is 3. The van der Waals surface area contributed by atoms with Gasteiger partial charge < -0.3 is 10.7 Å². The maximum atomic E-state index is 11.2. The summed E-state index contributed by atoms with van der Waals surface area (Å²) in [7, 11) is -4.45. The molecule has 0 aliphatic rings. The van der Waals surface area contributed by atoms with Crippen LogP contribution in [-0.4, -0.2) is 13.0 Å². The molecular formula is C14H13NO3S. The molecule has 0 amide bonds. The number of fused-ring (bicyclic) bond motifs is 2. The highest BCUT2D eigenvalue weighted by atomic mass is 32.2. The van der Waals surface area contributed by atoms with Crippen molar-refractivity contribution >= 4 is 31.7 Å². The maximum Gasteiger partial charge on any atom is 0.125 e. The van der Waals surface area contributed by atoms with Crippen molar-refractivity contribution in [1.82, 2.24) is 6.15 Å². The van der Waals surface area contributed by atoms with E-state index in [4.69, 9.17) is 0 Å². The third-order valence-corrected chi connectivity index (χ3v) is 3.87. The zero-order valence-electron chi connectivity index (χ0n) is 10.3. The summed E-state index contributed by atoms with van der Waals surface area (Å²) in [6, 6.07) is 16.0. The topological polar surface area (TPSA) is 93.7 Å². The summed E-state index contributed by atoms with van der Waals surface area (Å²) >= 11 is 0. The molecule has 0 aromatic heterocycles. The van der Waals surface area contributed by atoms with E-state index in [-0.39, 0.29) is 11.0 Å². The summed E-state index contributed by atoms with van der Waals surface area (Å²) in [5, 5.41) is 3.17. The summed E-state index contributed by atoms with van der Waals surface area (Å²) < 4.78 is 33.7. The van der Waals surface area contributed by atoms with Crippen molar-refractivity contribution in [3.05, 3.63) is 54.6 Å². The normalized spacial score (nSPS) is 11.4. The second-order valence-electron chi connectivity index (χ2n) is 4.13. The monoisotopic (exact) mass is 275 g/mol. The summed E-state index contributed by atoms with van der Waals surface area (Å²) in [6.07, 6.45) is 0. The van der Waals surface area contributed by atoms with Crippen molar-refractivity contribution in [3.8, 4) is 0 Å². The second-order valence-corrected chi connectivity index (χ2v) is 5.48. The highest BCUT2D eigenvalue weighted by Crippen LogP contribution is 2.27. The van der Waals surface area contributed by atoms with Gasteiger partial charge in [-0.25, -0.2) is 8.42 Å². The Morgan fingerprint density at radius 3 is 2.00 bits per heavy atom. The van der Waals surface area contributed by atoms with Crippen LogP contribution in [0, 0.1) is 0 Å². The Balaban J connectivity index is 0.00000133. The molecule has 0 aliphatic carbocycles. The van der Waals surface area contributed by atoms with Crippen LogP contribution in [0.15, 0.2) is 59.5 Å². The third kappa shape index (κ3) is 2.31. The highest BCUT2D eigenvalue weighted by molar-refractivity contribution is 7.86. The fourth-order valence-electron chi connectivity index (χ4n) is 2.16.